The van der Waals surface area contributed by atoms with Crippen LogP contribution in [0.5, 0.6) is 5.75 Å². The van der Waals surface area contributed by atoms with Gasteiger partial charge in [-0.3, -0.25) is 0 Å². The fourth-order valence-electron chi connectivity index (χ4n) is 2.00. The third-order valence-electron chi connectivity index (χ3n) is 2.97. The van der Waals surface area contributed by atoms with Gasteiger partial charge in [0.15, 0.2) is 11.0 Å². The third-order valence-corrected chi connectivity index (χ3v) is 3.25. The second kappa shape index (κ2) is 5.35. The van der Waals surface area contributed by atoms with Gasteiger partial charge < -0.3 is 10.1 Å². The predicted octanol–water partition coefficient (Wildman–Crippen LogP) is 4.04. The van der Waals surface area contributed by atoms with Crippen molar-refractivity contribution < 1.29 is 4.74 Å². The first kappa shape index (κ1) is 12.7. The number of nitrogens with one attached hydrogen (secondary N) is 1. The summed E-state index contributed by atoms with van der Waals surface area (Å²) in [5.41, 5.74) is 0.881. The quantitative estimate of drug-likeness (QED) is 0.789. The number of hydrogen-bond donors (Lipinski definition) is 1. The zero-order valence-electron chi connectivity index (χ0n) is 10.8. The molecule has 0 fully saturated rings. The molecule has 0 bridgehead atoms. The van der Waals surface area contributed by atoms with Gasteiger partial charge in [0, 0.05) is 22.5 Å². The molecule has 20 heavy (non-hydrogen) atoms. The summed E-state index contributed by atoms with van der Waals surface area (Å²) in [7, 11) is 1.64. The smallest absolute Gasteiger partial charge is 0.161 e. The average molecular weight is 286 g/mol. The van der Waals surface area contributed by atoms with Crippen molar-refractivity contribution in [1.29, 1.82) is 0 Å². The number of ether oxygens (including phenoxy) is 1. The molecule has 100 valence electrons. The van der Waals surface area contributed by atoms with E-state index >= 15 is 0 Å². The van der Waals surface area contributed by atoms with Gasteiger partial charge in [-0.2, -0.15) is 0 Å². The van der Waals surface area contributed by atoms with E-state index in [1.165, 1.54) is 0 Å². The molecule has 2 aromatic carbocycles. The summed E-state index contributed by atoms with van der Waals surface area (Å²) in [5.74, 6) is 1.44. The molecule has 0 amide bonds. The maximum absolute atomic E-state index is 6.06. The lowest BCUT2D eigenvalue weighted by molar-refractivity contribution is 0.415. The first-order valence-corrected chi connectivity index (χ1v) is 6.48. The van der Waals surface area contributed by atoms with Gasteiger partial charge >= 0.3 is 0 Å². The molecule has 0 aliphatic rings. The van der Waals surface area contributed by atoms with Gasteiger partial charge in [0.1, 0.15) is 5.75 Å². The molecule has 0 unspecified atom stereocenters. The van der Waals surface area contributed by atoms with Crippen molar-refractivity contribution in [3.8, 4) is 5.75 Å². The Labute approximate surface area is 121 Å². The van der Waals surface area contributed by atoms with Crippen LogP contribution >= 0.6 is 11.6 Å². The Hall–Kier alpha value is -2.33. The Balaban J connectivity index is 2.04. The summed E-state index contributed by atoms with van der Waals surface area (Å²) in [6.07, 6.45) is 0. The molecular formula is C15H12ClN3O. The number of methoxy groups -OCH3 is 1. The SMILES string of the molecule is COc1cccc(Nc2nnc(Cl)c3ccccc23)c1. The Morgan fingerprint density at radius 1 is 1.00 bits per heavy atom. The largest absolute Gasteiger partial charge is 0.497 e. The third kappa shape index (κ3) is 2.38. The summed E-state index contributed by atoms with van der Waals surface area (Å²) < 4.78 is 5.20. The van der Waals surface area contributed by atoms with Crippen molar-refractivity contribution in [2.75, 3.05) is 12.4 Å². The van der Waals surface area contributed by atoms with Crippen LogP contribution in [-0.2, 0) is 0 Å². The summed E-state index contributed by atoms with van der Waals surface area (Å²) in [6, 6.07) is 15.4. The van der Waals surface area contributed by atoms with Gasteiger partial charge in [0.25, 0.3) is 0 Å². The fraction of sp³-hybridized carbons (Fsp3) is 0.0667. The highest BCUT2D eigenvalue weighted by atomic mass is 35.5. The van der Waals surface area contributed by atoms with Crippen LogP contribution in [0, 0.1) is 0 Å². The van der Waals surface area contributed by atoms with E-state index in [1.807, 2.05) is 48.5 Å². The van der Waals surface area contributed by atoms with Crippen LogP contribution in [0.3, 0.4) is 0 Å². The van der Waals surface area contributed by atoms with E-state index in [2.05, 4.69) is 15.5 Å². The molecule has 1 N–H and O–H groups in total. The number of hydrogen-bond acceptors (Lipinski definition) is 4. The van der Waals surface area contributed by atoms with Crippen molar-refractivity contribution in [1.82, 2.24) is 10.2 Å². The molecule has 5 heteroatoms. The molecule has 0 saturated carbocycles. The summed E-state index contributed by atoms with van der Waals surface area (Å²) in [6.45, 7) is 0. The molecule has 1 aromatic heterocycles. The van der Waals surface area contributed by atoms with Gasteiger partial charge in [-0.15, -0.1) is 10.2 Å². The van der Waals surface area contributed by atoms with Gasteiger partial charge in [-0.05, 0) is 12.1 Å². The zero-order chi connectivity index (χ0) is 13.9. The second-order valence-corrected chi connectivity index (χ2v) is 4.60. The molecule has 4 nitrogen and oxygen atoms in total. The maximum atomic E-state index is 6.06. The van der Waals surface area contributed by atoms with E-state index < -0.39 is 0 Å². The van der Waals surface area contributed by atoms with Crippen molar-refractivity contribution in [3.05, 3.63) is 53.7 Å². The van der Waals surface area contributed by atoms with E-state index in [0.29, 0.717) is 11.0 Å². The van der Waals surface area contributed by atoms with Crippen LogP contribution in [0.2, 0.25) is 5.15 Å². The number of rotatable bonds is 3. The highest BCUT2D eigenvalue weighted by Gasteiger charge is 2.07. The zero-order valence-corrected chi connectivity index (χ0v) is 11.6. The van der Waals surface area contributed by atoms with Crippen LogP contribution in [0.4, 0.5) is 11.5 Å². The molecule has 0 radical (unpaired) electrons. The summed E-state index contributed by atoms with van der Waals surface area (Å²) in [5, 5.41) is 13.5. The van der Waals surface area contributed by atoms with E-state index in [0.717, 1.165) is 22.2 Å². The minimum absolute atomic E-state index is 0.400. The predicted molar refractivity (Wildman–Crippen MR) is 80.8 cm³/mol. The summed E-state index contributed by atoms with van der Waals surface area (Å²) >= 11 is 6.06. The monoisotopic (exact) mass is 285 g/mol. The molecule has 1 heterocycles. The fourth-order valence-corrected chi connectivity index (χ4v) is 2.20. The van der Waals surface area contributed by atoms with E-state index in [4.69, 9.17) is 16.3 Å². The minimum atomic E-state index is 0.400. The maximum Gasteiger partial charge on any atom is 0.161 e. The van der Waals surface area contributed by atoms with Crippen LogP contribution in [0.25, 0.3) is 10.8 Å². The number of anilines is 2. The first-order valence-electron chi connectivity index (χ1n) is 6.10. The number of fused-ring (bicyclic) bond motifs is 1. The molecule has 0 atom stereocenters. The Bertz CT molecular complexity index is 761. The van der Waals surface area contributed by atoms with Gasteiger partial charge in [0.2, 0.25) is 0 Å². The highest BCUT2D eigenvalue weighted by molar-refractivity contribution is 6.34. The van der Waals surface area contributed by atoms with E-state index in [9.17, 15) is 0 Å². The van der Waals surface area contributed by atoms with Crippen molar-refractivity contribution in [2.45, 2.75) is 0 Å². The van der Waals surface area contributed by atoms with E-state index in [1.54, 1.807) is 7.11 Å². The van der Waals surface area contributed by atoms with Gasteiger partial charge in [0.05, 0.1) is 7.11 Å². The Morgan fingerprint density at radius 3 is 2.60 bits per heavy atom. The normalized spacial score (nSPS) is 10.5. The molecule has 0 saturated heterocycles. The summed E-state index contributed by atoms with van der Waals surface area (Å²) in [4.78, 5) is 0. The number of benzene rings is 2. The first-order chi connectivity index (χ1) is 9.78. The molecule has 0 aliphatic heterocycles. The lowest BCUT2D eigenvalue weighted by atomic mass is 10.2. The molecule has 3 rings (SSSR count). The van der Waals surface area contributed by atoms with Crippen LogP contribution in [0.15, 0.2) is 48.5 Å². The number of halogens is 1. The lowest BCUT2D eigenvalue weighted by Gasteiger charge is -2.09. The molecule has 3 aromatic rings. The average Bonchev–Trinajstić information content (AvgIpc) is 2.51. The highest BCUT2D eigenvalue weighted by Crippen LogP contribution is 2.28. The molecular weight excluding hydrogens is 274 g/mol. The van der Waals surface area contributed by atoms with Crippen LogP contribution < -0.4 is 10.1 Å². The molecule has 0 aliphatic carbocycles. The van der Waals surface area contributed by atoms with Gasteiger partial charge in [-0.25, -0.2) is 0 Å². The lowest BCUT2D eigenvalue weighted by Crippen LogP contribution is -1.97. The van der Waals surface area contributed by atoms with E-state index in [-0.39, 0.29) is 0 Å². The second-order valence-electron chi connectivity index (χ2n) is 4.24. The van der Waals surface area contributed by atoms with Gasteiger partial charge in [-0.1, -0.05) is 41.9 Å². The number of nitrogens with zero attached hydrogens (tertiary/aromatic N) is 2. The minimum Gasteiger partial charge on any atom is -0.497 e. The van der Waals surface area contributed by atoms with Crippen molar-refractivity contribution in [2.24, 2.45) is 0 Å². The van der Waals surface area contributed by atoms with Crippen LogP contribution in [0.1, 0.15) is 0 Å². The van der Waals surface area contributed by atoms with Crippen molar-refractivity contribution >= 4 is 33.9 Å². The van der Waals surface area contributed by atoms with Crippen molar-refractivity contribution in [3.63, 3.8) is 0 Å². The number of aromatic nitrogens is 2. The Kier molecular flexibility index (Phi) is 3.39. The standard InChI is InChI=1S/C15H12ClN3O/c1-20-11-6-4-5-10(9-11)17-15-13-8-3-2-7-12(13)14(16)18-19-15/h2-9H,1H3,(H,17,19). The topological polar surface area (TPSA) is 47.0 Å². The molecule has 0 spiro atoms. The Morgan fingerprint density at radius 2 is 1.80 bits per heavy atom. The van der Waals surface area contributed by atoms with Crippen LogP contribution in [-0.4, -0.2) is 17.3 Å².